The molecule has 108 valence electrons. The first-order valence-electron chi connectivity index (χ1n) is 6.58. The average molecular weight is 286 g/mol. The molecule has 7 nitrogen and oxygen atoms in total. The third-order valence-electron chi connectivity index (χ3n) is 3.36. The Bertz CT molecular complexity index is 719. The van der Waals surface area contributed by atoms with Gasteiger partial charge >= 0.3 is 0 Å². The number of hydrogen-bond acceptors (Lipinski definition) is 4. The largest absolute Gasteiger partial charge is 0.399 e. The summed E-state index contributed by atoms with van der Waals surface area (Å²) in [5.41, 5.74) is 6.99. The van der Waals surface area contributed by atoms with E-state index in [0.29, 0.717) is 17.1 Å². The van der Waals surface area contributed by atoms with Crippen LogP contribution in [0.3, 0.4) is 0 Å². The lowest BCUT2D eigenvalue weighted by atomic mass is 10.2. The number of benzene rings is 1. The average Bonchev–Trinajstić information content (AvgIpc) is 3.17. The molecule has 1 aliphatic rings. The minimum absolute atomic E-state index is 0.0698. The Labute approximate surface area is 120 Å². The lowest BCUT2D eigenvalue weighted by Gasteiger charge is -2.08. The van der Waals surface area contributed by atoms with Crippen LogP contribution in [0, 0.1) is 10.1 Å². The second-order valence-corrected chi connectivity index (χ2v) is 5.06. The first-order valence-corrected chi connectivity index (χ1v) is 6.58. The molecule has 7 heteroatoms. The minimum Gasteiger partial charge on any atom is -0.399 e. The molecule has 0 aliphatic heterocycles. The van der Waals surface area contributed by atoms with E-state index in [0.717, 1.165) is 12.8 Å². The molecular formula is C14H14N4O3. The smallest absolute Gasteiger partial charge is 0.287 e. The molecule has 0 unspecified atom stereocenters. The lowest BCUT2D eigenvalue weighted by molar-refractivity contribution is -0.384. The molecule has 1 aliphatic carbocycles. The number of nitro groups is 1. The third-order valence-corrected chi connectivity index (χ3v) is 3.36. The topological polar surface area (TPSA) is 103 Å². The van der Waals surface area contributed by atoms with E-state index in [1.54, 1.807) is 28.8 Å². The van der Waals surface area contributed by atoms with Crippen molar-refractivity contribution in [3.8, 4) is 0 Å². The molecule has 1 aromatic carbocycles. The highest BCUT2D eigenvalue weighted by atomic mass is 16.6. The quantitative estimate of drug-likeness (QED) is 0.512. The lowest BCUT2D eigenvalue weighted by Crippen LogP contribution is -2.16. The number of aromatic nitrogens is 1. The van der Waals surface area contributed by atoms with Crippen LogP contribution in [0.1, 0.15) is 29.4 Å². The number of nitrogens with one attached hydrogen (secondary N) is 1. The van der Waals surface area contributed by atoms with E-state index in [1.165, 1.54) is 12.3 Å². The van der Waals surface area contributed by atoms with Gasteiger partial charge in [-0.3, -0.25) is 14.9 Å². The fourth-order valence-electron chi connectivity index (χ4n) is 2.21. The summed E-state index contributed by atoms with van der Waals surface area (Å²) >= 11 is 0. The fourth-order valence-corrected chi connectivity index (χ4v) is 2.21. The molecule has 0 saturated heterocycles. The first-order chi connectivity index (χ1) is 10.0. The molecule has 0 spiro atoms. The number of carbonyl (C=O) groups excluding carboxylic acids is 1. The first kappa shape index (κ1) is 13.2. The second kappa shape index (κ2) is 4.93. The van der Waals surface area contributed by atoms with Crippen molar-refractivity contribution < 1.29 is 9.72 Å². The van der Waals surface area contributed by atoms with Crippen molar-refractivity contribution in [1.82, 2.24) is 4.57 Å². The number of carbonyl (C=O) groups is 1. The van der Waals surface area contributed by atoms with Crippen molar-refractivity contribution >= 4 is 23.0 Å². The molecule has 0 bridgehead atoms. The van der Waals surface area contributed by atoms with Gasteiger partial charge in [-0.2, -0.15) is 0 Å². The maximum Gasteiger partial charge on any atom is 0.287 e. The van der Waals surface area contributed by atoms with E-state index in [1.807, 2.05) is 0 Å². The summed E-state index contributed by atoms with van der Waals surface area (Å²) in [7, 11) is 0. The Morgan fingerprint density at radius 3 is 2.76 bits per heavy atom. The summed E-state index contributed by atoms with van der Waals surface area (Å²) in [6.45, 7) is 0. The molecule has 1 saturated carbocycles. The van der Waals surface area contributed by atoms with E-state index in [2.05, 4.69) is 5.32 Å². The number of rotatable bonds is 4. The monoisotopic (exact) mass is 286 g/mol. The van der Waals surface area contributed by atoms with Crippen LogP contribution in [0.4, 0.5) is 17.1 Å². The highest BCUT2D eigenvalue weighted by molar-refractivity contribution is 6.04. The van der Waals surface area contributed by atoms with Crippen LogP contribution in [0.15, 0.2) is 36.5 Å². The van der Waals surface area contributed by atoms with Crippen LogP contribution in [0.25, 0.3) is 0 Å². The molecule has 0 radical (unpaired) electrons. The molecule has 21 heavy (non-hydrogen) atoms. The van der Waals surface area contributed by atoms with Crippen LogP contribution < -0.4 is 11.1 Å². The van der Waals surface area contributed by atoms with Crippen molar-refractivity contribution in [2.75, 3.05) is 11.1 Å². The van der Waals surface area contributed by atoms with Gasteiger partial charge in [-0.1, -0.05) is 6.07 Å². The van der Waals surface area contributed by atoms with Gasteiger partial charge in [0.15, 0.2) is 0 Å². The van der Waals surface area contributed by atoms with Crippen molar-refractivity contribution in [2.24, 2.45) is 0 Å². The predicted octanol–water partition coefficient (Wildman–Crippen LogP) is 2.57. The summed E-state index contributed by atoms with van der Waals surface area (Å²) in [5, 5.41) is 13.6. The Morgan fingerprint density at radius 1 is 1.38 bits per heavy atom. The Morgan fingerprint density at radius 2 is 2.14 bits per heavy atom. The van der Waals surface area contributed by atoms with Crippen LogP contribution in [-0.4, -0.2) is 15.4 Å². The summed E-state index contributed by atoms with van der Waals surface area (Å²) in [5.74, 6) is -0.374. The summed E-state index contributed by atoms with van der Waals surface area (Å²) in [4.78, 5) is 22.7. The number of nitrogen functional groups attached to an aromatic ring is 1. The number of hydrogen-bond donors (Lipinski definition) is 2. The maximum absolute atomic E-state index is 12.3. The zero-order valence-electron chi connectivity index (χ0n) is 11.2. The van der Waals surface area contributed by atoms with E-state index < -0.39 is 4.92 Å². The van der Waals surface area contributed by atoms with Crippen molar-refractivity contribution in [3.63, 3.8) is 0 Å². The zero-order valence-corrected chi connectivity index (χ0v) is 11.2. The summed E-state index contributed by atoms with van der Waals surface area (Å²) in [6, 6.07) is 8.28. The molecule has 1 heterocycles. The van der Waals surface area contributed by atoms with Gasteiger partial charge in [0, 0.05) is 23.5 Å². The van der Waals surface area contributed by atoms with Crippen molar-refractivity contribution in [2.45, 2.75) is 18.9 Å². The van der Waals surface area contributed by atoms with Crippen molar-refractivity contribution in [1.29, 1.82) is 0 Å². The van der Waals surface area contributed by atoms with E-state index in [-0.39, 0.29) is 17.6 Å². The van der Waals surface area contributed by atoms with E-state index in [4.69, 9.17) is 5.73 Å². The maximum atomic E-state index is 12.3. The van der Waals surface area contributed by atoms with Gasteiger partial charge < -0.3 is 15.6 Å². The summed E-state index contributed by atoms with van der Waals surface area (Å²) < 4.78 is 1.68. The number of nitrogens with zero attached hydrogens (tertiary/aromatic N) is 2. The predicted molar refractivity (Wildman–Crippen MR) is 78.2 cm³/mol. The molecule has 1 amide bonds. The van der Waals surface area contributed by atoms with Crippen LogP contribution in [-0.2, 0) is 0 Å². The Kier molecular flexibility index (Phi) is 3.09. The molecule has 1 fully saturated rings. The Balaban J connectivity index is 1.88. The zero-order chi connectivity index (χ0) is 15.0. The van der Waals surface area contributed by atoms with Crippen molar-refractivity contribution in [3.05, 3.63) is 52.3 Å². The molecule has 3 N–H and O–H groups in total. The van der Waals surface area contributed by atoms with Crippen LogP contribution >= 0.6 is 0 Å². The van der Waals surface area contributed by atoms with E-state index in [9.17, 15) is 14.9 Å². The molecule has 1 aromatic heterocycles. The second-order valence-electron chi connectivity index (χ2n) is 5.06. The number of amides is 1. The molecule has 0 atom stereocenters. The van der Waals surface area contributed by atoms with Gasteiger partial charge in [-0.25, -0.2) is 0 Å². The summed E-state index contributed by atoms with van der Waals surface area (Å²) in [6.07, 6.45) is 3.29. The normalized spacial score (nSPS) is 13.9. The highest BCUT2D eigenvalue weighted by Crippen LogP contribution is 2.38. The third kappa shape index (κ3) is 2.71. The van der Waals surface area contributed by atoms with Gasteiger partial charge in [-0.15, -0.1) is 0 Å². The van der Waals surface area contributed by atoms with E-state index >= 15 is 0 Å². The van der Waals surface area contributed by atoms with Gasteiger partial charge in [0.05, 0.1) is 11.1 Å². The van der Waals surface area contributed by atoms with Crippen LogP contribution in [0.2, 0.25) is 0 Å². The highest BCUT2D eigenvalue weighted by Gasteiger charge is 2.30. The SMILES string of the molecule is Nc1cccc(NC(=O)c2cc([N+](=O)[O-])cn2C2CC2)c1. The van der Waals surface area contributed by atoms with Gasteiger partial charge in [0.1, 0.15) is 5.69 Å². The standard InChI is InChI=1S/C14H14N4O3/c15-9-2-1-3-10(6-9)16-14(19)13-7-12(18(20)21)8-17(13)11-4-5-11/h1-3,6-8,11H,4-5,15H2,(H,16,19). The Hall–Kier alpha value is -2.83. The van der Waals surface area contributed by atoms with Gasteiger partial charge in [0.25, 0.3) is 11.6 Å². The van der Waals surface area contributed by atoms with Gasteiger partial charge in [0.2, 0.25) is 0 Å². The minimum atomic E-state index is -0.490. The molecule has 2 aromatic rings. The number of anilines is 2. The van der Waals surface area contributed by atoms with Crippen LogP contribution in [0.5, 0.6) is 0 Å². The van der Waals surface area contributed by atoms with Gasteiger partial charge in [-0.05, 0) is 31.0 Å². The number of nitrogens with two attached hydrogens (primary N) is 1. The molecular weight excluding hydrogens is 272 g/mol. The fraction of sp³-hybridized carbons (Fsp3) is 0.214. The molecule has 3 rings (SSSR count).